The Morgan fingerprint density at radius 3 is 2.85 bits per heavy atom. The fraction of sp³-hybridized carbons (Fsp3) is 0.450. The van der Waals surface area contributed by atoms with Gasteiger partial charge in [-0.15, -0.1) is 11.3 Å². The number of carbonyl (C=O) groups excluding carboxylic acids is 1. The van der Waals surface area contributed by atoms with Gasteiger partial charge in [-0.3, -0.25) is 9.59 Å². The highest BCUT2D eigenvalue weighted by molar-refractivity contribution is 7.13. The van der Waals surface area contributed by atoms with Gasteiger partial charge in [-0.25, -0.2) is 4.98 Å². The number of amides is 1. The Morgan fingerprint density at radius 2 is 2.15 bits per heavy atom. The number of rotatable bonds is 4. The van der Waals surface area contributed by atoms with Gasteiger partial charge in [-0.05, 0) is 13.3 Å². The third kappa shape index (κ3) is 3.37. The molecule has 1 aromatic heterocycles. The van der Waals surface area contributed by atoms with Crippen LogP contribution in [0, 0.1) is 18.3 Å². The van der Waals surface area contributed by atoms with Gasteiger partial charge >= 0.3 is 5.97 Å². The zero-order chi connectivity index (χ0) is 19.0. The van der Waals surface area contributed by atoms with E-state index in [9.17, 15) is 14.7 Å². The van der Waals surface area contributed by atoms with Crippen LogP contribution in [-0.2, 0) is 20.7 Å². The number of fused-ring (bicyclic) bond motifs is 1. The molecule has 0 bridgehead atoms. The summed E-state index contributed by atoms with van der Waals surface area (Å²) in [5.74, 6) is -1.02. The van der Waals surface area contributed by atoms with Crippen LogP contribution in [0.4, 0.5) is 0 Å². The van der Waals surface area contributed by atoms with E-state index in [1.807, 2.05) is 36.6 Å². The first-order valence-electron chi connectivity index (χ1n) is 9.08. The fourth-order valence-electron chi connectivity index (χ4n) is 3.97. The number of thiazole rings is 1. The Bertz CT molecular complexity index is 863. The number of aliphatic carboxylic acids is 1. The second kappa shape index (κ2) is 7.05. The van der Waals surface area contributed by atoms with Crippen LogP contribution < -0.4 is 0 Å². The van der Waals surface area contributed by atoms with Crippen molar-refractivity contribution in [3.05, 3.63) is 40.9 Å². The van der Waals surface area contributed by atoms with E-state index < -0.39 is 11.4 Å². The van der Waals surface area contributed by atoms with Crippen LogP contribution >= 0.6 is 11.3 Å². The molecule has 27 heavy (non-hydrogen) atoms. The number of hydrogen-bond acceptors (Lipinski definition) is 5. The van der Waals surface area contributed by atoms with Crippen LogP contribution in [0.15, 0.2) is 29.6 Å². The summed E-state index contributed by atoms with van der Waals surface area (Å²) in [5, 5.41) is 12.5. The van der Waals surface area contributed by atoms with Crippen molar-refractivity contribution in [1.82, 2.24) is 9.88 Å². The molecule has 1 amide bonds. The number of carbonyl (C=O) groups is 2. The summed E-state index contributed by atoms with van der Waals surface area (Å²) in [6.07, 6.45) is 0.663. The van der Waals surface area contributed by atoms with Gasteiger partial charge in [0.1, 0.15) is 5.01 Å². The van der Waals surface area contributed by atoms with Crippen molar-refractivity contribution in [1.29, 1.82) is 0 Å². The van der Waals surface area contributed by atoms with Gasteiger partial charge in [-0.1, -0.05) is 29.8 Å². The molecule has 4 rings (SSSR count). The first-order chi connectivity index (χ1) is 13.0. The molecule has 2 saturated heterocycles. The molecule has 7 heteroatoms. The highest BCUT2D eigenvalue weighted by atomic mass is 32.1. The van der Waals surface area contributed by atoms with Gasteiger partial charge in [0.05, 0.1) is 24.1 Å². The summed E-state index contributed by atoms with van der Waals surface area (Å²) in [5.41, 5.74) is 2.11. The predicted molar refractivity (Wildman–Crippen MR) is 102 cm³/mol. The van der Waals surface area contributed by atoms with Crippen LogP contribution in [0.3, 0.4) is 0 Å². The maximum atomic E-state index is 12.8. The molecule has 2 atom stereocenters. The van der Waals surface area contributed by atoms with Crippen molar-refractivity contribution >= 4 is 23.2 Å². The maximum absolute atomic E-state index is 12.8. The molecular formula is C20H22N2O4S. The lowest BCUT2D eigenvalue weighted by atomic mass is 9.74. The molecule has 2 aromatic rings. The van der Waals surface area contributed by atoms with E-state index >= 15 is 0 Å². The maximum Gasteiger partial charge on any atom is 0.311 e. The van der Waals surface area contributed by atoms with Crippen molar-refractivity contribution in [2.45, 2.75) is 19.8 Å². The molecule has 2 fully saturated rings. The van der Waals surface area contributed by atoms with Gasteiger partial charge in [0.2, 0.25) is 5.91 Å². The minimum Gasteiger partial charge on any atom is -0.481 e. The average Bonchev–Trinajstić information content (AvgIpc) is 3.27. The molecule has 1 N–H and O–H groups in total. The van der Waals surface area contributed by atoms with Crippen LogP contribution in [-0.4, -0.2) is 53.2 Å². The largest absolute Gasteiger partial charge is 0.481 e. The minimum atomic E-state index is -0.858. The van der Waals surface area contributed by atoms with Crippen molar-refractivity contribution in [3.63, 3.8) is 0 Å². The van der Waals surface area contributed by atoms with Crippen LogP contribution in [0.25, 0.3) is 10.6 Å². The number of ether oxygens (including phenoxy) is 1. The molecule has 6 nitrogen and oxygen atoms in total. The summed E-state index contributed by atoms with van der Waals surface area (Å²) in [4.78, 5) is 30.9. The van der Waals surface area contributed by atoms with E-state index in [0.29, 0.717) is 26.2 Å². The third-order valence-corrected chi connectivity index (χ3v) is 6.61. The van der Waals surface area contributed by atoms with Gasteiger partial charge < -0.3 is 14.7 Å². The number of carboxylic acids is 1. The Balaban J connectivity index is 1.45. The molecular weight excluding hydrogens is 364 g/mol. The van der Waals surface area contributed by atoms with Gasteiger partial charge in [0.25, 0.3) is 0 Å². The van der Waals surface area contributed by atoms with E-state index in [0.717, 1.165) is 16.3 Å². The zero-order valence-electron chi connectivity index (χ0n) is 15.2. The molecule has 2 aliphatic rings. The average molecular weight is 386 g/mol. The summed E-state index contributed by atoms with van der Waals surface area (Å²) in [7, 11) is 0. The number of carboxylic acid groups (broad SMARTS) is 1. The number of likely N-dealkylation sites (tertiary alicyclic amines) is 1. The normalized spacial score (nSPS) is 24.6. The molecule has 1 aromatic carbocycles. The summed E-state index contributed by atoms with van der Waals surface area (Å²) in [6, 6.07) is 8.14. The number of aromatic nitrogens is 1. The Morgan fingerprint density at radius 1 is 1.37 bits per heavy atom. The number of aryl methyl sites for hydroxylation is 1. The van der Waals surface area contributed by atoms with Crippen molar-refractivity contribution < 1.29 is 19.4 Å². The second-order valence-electron chi connectivity index (χ2n) is 7.44. The predicted octanol–water partition coefficient (Wildman–Crippen LogP) is 2.61. The number of hydrogen-bond donors (Lipinski definition) is 1. The Hall–Kier alpha value is -2.25. The summed E-state index contributed by atoms with van der Waals surface area (Å²) >= 11 is 1.52. The summed E-state index contributed by atoms with van der Waals surface area (Å²) in [6.45, 7) is 3.60. The quantitative estimate of drug-likeness (QED) is 0.874. The minimum absolute atomic E-state index is 0.0641. The molecule has 0 aliphatic carbocycles. The van der Waals surface area contributed by atoms with Crippen LogP contribution in [0.5, 0.6) is 0 Å². The van der Waals surface area contributed by atoms with Gasteiger partial charge in [-0.2, -0.15) is 0 Å². The molecule has 0 saturated carbocycles. The lowest BCUT2D eigenvalue weighted by Crippen LogP contribution is -2.45. The molecule has 0 radical (unpaired) electrons. The fourth-order valence-corrected chi connectivity index (χ4v) is 4.80. The number of benzene rings is 1. The smallest absolute Gasteiger partial charge is 0.311 e. The first-order valence-corrected chi connectivity index (χ1v) is 9.96. The van der Waals surface area contributed by atoms with Crippen molar-refractivity contribution in [3.8, 4) is 10.6 Å². The SMILES string of the molecule is Cc1ccc(-c2nc(CC(=O)N3C[C@H]4COCC[C@@]4(C(=O)O)C3)cs2)cc1. The lowest BCUT2D eigenvalue weighted by Gasteiger charge is -2.33. The zero-order valence-corrected chi connectivity index (χ0v) is 16.0. The van der Waals surface area contributed by atoms with Gasteiger partial charge in [0.15, 0.2) is 0 Å². The van der Waals surface area contributed by atoms with E-state index in [1.165, 1.54) is 16.9 Å². The van der Waals surface area contributed by atoms with E-state index in [2.05, 4.69) is 4.98 Å². The molecule has 0 unspecified atom stereocenters. The van der Waals surface area contributed by atoms with E-state index in [4.69, 9.17) is 4.74 Å². The lowest BCUT2D eigenvalue weighted by molar-refractivity contribution is -0.157. The molecule has 0 spiro atoms. The van der Waals surface area contributed by atoms with Gasteiger partial charge in [0, 0.05) is 36.6 Å². The molecule has 3 heterocycles. The van der Waals surface area contributed by atoms with Crippen molar-refractivity contribution in [2.75, 3.05) is 26.3 Å². The summed E-state index contributed by atoms with van der Waals surface area (Å²) < 4.78 is 5.45. The topological polar surface area (TPSA) is 79.7 Å². The third-order valence-electron chi connectivity index (χ3n) is 5.67. The highest BCUT2D eigenvalue weighted by Gasteiger charge is 2.54. The van der Waals surface area contributed by atoms with Crippen molar-refractivity contribution in [2.24, 2.45) is 11.3 Å². The van der Waals surface area contributed by atoms with E-state index in [-0.39, 0.29) is 24.8 Å². The Labute approximate surface area is 161 Å². The first kappa shape index (κ1) is 18.1. The van der Waals surface area contributed by atoms with E-state index in [1.54, 1.807) is 4.90 Å². The molecule has 2 aliphatic heterocycles. The second-order valence-corrected chi connectivity index (χ2v) is 8.30. The van der Waals surface area contributed by atoms with Crippen LogP contribution in [0.1, 0.15) is 17.7 Å². The monoisotopic (exact) mass is 386 g/mol. The highest BCUT2D eigenvalue weighted by Crippen LogP contribution is 2.42. The Kier molecular flexibility index (Phi) is 4.74. The molecule has 142 valence electrons. The van der Waals surface area contributed by atoms with Crippen LogP contribution in [0.2, 0.25) is 0 Å². The standard InChI is InChI=1S/C20H22N2O4S/c1-13-2-4-14(5-3-13)18-21-16(11-27-18)8-17(23)22-9-15-10-26-7-6-20(15,12-22)19(24)25/h2-5,11,15H,6-10,12H2,1H3,(H,24,25)/t15-,20+/m0/s1. The number of nitrogens with zero attached hydrogens (tertiary/aromatic N) is 2.